The van der Waals surface area contributed by atoms with Gasteiger partial charge in [0.1, 0.15) is 6.42 Å². The number of halogens is 1. The number of rotatable bonds is 11. The van der Waals surface area contributed by atoms with E-state index >= 15 is 0 Å². The Morgan fingerprint density at radius 1 is 0.900 bits per heavy atom. The Hall–Kier alpha value is -2.61. The predicted octanol–water partition coefficient (Wildman–Crippen LogP) is 5.08. The predicted molar refractivity (Wildman–Crippen MR) is 156 cm³/mol. The second kappa shape index (κ2) is 11.7. The minimum atomic E-state index is -4.13. The molecule has 0 saturated heterocycles. The molecular weight excluding hydrogens is 596 g/mol. The van der Waals surface area contributed by atoms with Crippen molar-refractivity contribution in [2.24, 2.45) is 0 Å². The third kappa shape index (κ3) is 6.99. The highest BCUT2D eigenvalue weighted by Crippen LogP contribution is 2.45. The number of aromatic nitrogens is 1. The van der Waals surface area contributed by atoms with E-state index in [1.807, 2.05) is 65.2 Å². The third-order valence-electron chi connectivity index (χ3n) is 6.66. The van der Waals surface area contributed by atoms with Crippen molar-refractivity contribution < 1.29 is 34.9 Å². The molecule has 2 heterocycles. The SMILES string of the molecule is O=S(=O)(O)CCCN1c2cc(Cl)ccc2SC1Cc1oc2ccc(-c3ccccc3)cc2[n+]1CCCS(=O)(=O)O. The third-order valence-corrected chi connectivity index (χ3v) is 9.80. The Morgan fingerprint density at radius 2 is 1.62 bits per heavy atom. The van der Waals surface area contributed by atoms with Gasteiger partial charge < -0.3 is 9.32 Å². The number of thioether (sulfide) groups is 1. The summed E-state index contributed by atoms with van der Waals surface area (Å²) in [6.45, 7) is 0.672. The minimum Gasteiger partial charge on any atom is -0.401 e. The zero-order valence-electron chi connectivity index (χ0n) is 21.3. The lowest BCUT2D eigenvalue weighted by Crippen LogP contribution is -2.41. The summed E-state index contributed by atoms with van der Waals surface area (Å²) in [5.74, 6) is -0.125. The quantitative estimate of drug-likeness (QED) is 0.174. The van der Waals surface area contributed by atoms with Crippen LogP contribution in [0.15, 0.2) is 76.0 Å². The summed E-state index contributed by atoms with van der Waals surface area (Å²) in [7, 11) is -8.23. The van der Waals surface area contributed by atoms with Crippen molar-refractivity contribution in [3.8, 4) is 11.1 Å². The molecule has 1 aromatic heterocycles. The maximum atomic E-state index is 11.4. The molecule has 212 valence electrons. The van der Waals surface area contributed by atoms with Crippen LogP contribution in [0.4, 0.5) is 5.69 Å². The molecule has 1 aliphatic rings. The van der Waals surface area contributed by atoms with Crippen molar-refractivity contribution in [1.82, 2.24) is 0 Å². The van der Waals surface area contributed by atoms with Crippen LogP contribution >= 0.6 is 23.4 Å². The number of oxazole rings is 1. The number of benzene rings is 3. The highest BCUT2D eigenvalue weighted by molar-refractivity contribution is 8.00. The van der Waals surface area contributed by atoms with Gasteiger partial charge in [0.2, 0.25) is 5.58 Å². The Bertz CT molecular complexity index is 1740. The van der Waals surface area contributed by atoms with E-state index in [1.54, 1.807) is 17.8 Å². The molecule has 2 N–H and O–H groups in total. The van der Waals surface area contributed by atoms with Crippen molar-refractivity contribution >= 4 is 60.4 Å². The zero-order chi connectivity index (χ0) is 28.5. The first kappa shape index (κ1) is 28.9. The highest BCUT2D eigenvalue weighted by Gasteiger charge is 2.35. The van der Waals surface area contributed by atoms with Crippen LogP contribution in [-0.4, -0.2) is 49.4 Å². The van der Waals surface area contributed by atoms with E-state index in [9.17, 15) is 25.9 Å². The van der Waals surface area contributed by atoms with Crippen LogP contribution in [0, 0.1) is 0 Å². The van der Waals surface area contributed by atoms with Crippen LogP contribution in [0.1, 0.15) is 18.7 Å². The minimum absolute atomic E-state index is 0.170. The average molecular weight is 624 g/mol. The average Bonchev–Trinajstić information content (AvgIpc) is 3.40. The second-order valence-corrected chi connectivity index (χ2v) is 14.4. The molecule has 0 amide bonds. The van der Waals surface area contributed by atoms with Crippen LogP contribution in [0.2, 0.25) is 5.02 Å². The molecule has 0 fully saturated rings. The summed E-state index contributed by atoms with van der Waals surface area (Å²) in [4.78, 5) is 3.05. The van der Waals surface area contributed by atoms with Gasteiger partial charge in [0, 0.05) is 29.0 Å². The number of hydrogen-bond acceptors (Lipinski definition) is 7. The van der Waals surface area contributed by atoms with Crippen molar-refractivity contribution in [2.75, 3.05) is 23.0 Å². The van der Waals surface area contributed by atoms with Gasteiger partial charge in [-0.3, -0.25) is 9.11 Å². The highest BCUT2D eigenvalue weighted by atomic mass is 35.5. The van der Waals surface area contributed by atoms with Gasteiger partial charge in [0.25, 0.3) is 25.8 Å². The summed E-state index contributed by atoms with van der Waals surface area (Å²) in [5.41, 5.74) is 4.32. The largest absolute Gasteiger partial charge is 0.401 e. The van der Waals surface area contributed by atoms with E-state index in [-0.39, 0.29) is 29.7 Å². The van der Waals surface area contributed by atoms with E-state index in [0.717, 1.165) is 27.2 Å². The molecule has 0 aliphatic carbocycles. The molecule has 1 aliphatic heterocycles. The van der Waals surface area contributed by atoms with Gasteiger partial charge in [-0.1, -0.05) is 59.8 Å². The van der Waals surface area contributed by atoms with Crippen molar-refractivity contribution in [3.63, 3.8) is 0 Å². The fourth-order valence-electron chi connectivity index (χ4n) is 4.91. The Balaban J connectivity index is 1.49. The lowest BCUT2D eigenvalue weighted by Gasteiger charge is -2.25. The topological polar surface area (TPSA) is 129 Å². The van der Waals surface area contributed by atoms with Crippen molar-refractivity contribution in [2.45, 2.75) is 36.1 Å². The maximum absolute atomic E-state index is 11.4. The molecule has 0 bridgehead atoms. The van der Waals surface area contributed by atoms with E-state index in [4.69, 9.17) is 16.0 Å². The molecule has 4 aromatic rings. The molecule has 0 radical (unpaired) electrons. The number of fused-ring (bicyclic) bond motifs is 2. The van der Waals surface area contributed by atoms with Crippen LogP contribution in [0.25, 0.3) is 22.2 Å². The fourth-order valence-corrected chi connectivity index (χ4v) is 7.37. The molecule has 13 heteroatoms. The number of nitrogens with zero attached hydrogens (tertiary/aromatic N) is 2. The Morgan fingerprint density at radius 3 is 2.35 bits per heavy atom. The molecular formula is C27H28ClN2O7S3+. The van der Waals surface area contributed by atoms with Crippen LogP contribution in [0.3, 0.4) is 0 Å². The first-order valence-corrected chi connectivity index (χ1v) is 17.1. The van der Waals surface area contributed by atoms with E-state index in [1.165, 1.54) is 0 Å². The number of hydrogen-bond donors (Lipinski definition) is 2. The molecule has 9 nitrogen and oxygen atoms in total. The van der Waals surface area contributed by atoms with Gasteiger partial charge in [0.05, 0.1) is 22.6 Å². The van der Waals surface area contributed by atoms with Crippen LogP contribution < -0.4 is 9.47 Å². The molecule has 3 aromatic carbocycles. The van der Waals surface area contributed by atoms with Gasteiger partial charge in [-0.2, -0.15) is 21.4 Å². The summed E-state index contributed by atoms with van der Waals surface area (Å²) in [5, 5.41) is 0.383. The van der Waals surface area contributed by atoms with Crippen LogP contribution in [0.5, 0.6) is 0 Å². The van der Waals surface area contributed by atoms with Gasteiger partial charge in [-0.15, -0.1) is 0 Å². The first-order chi connectivity index (χ1) is 19.0. The second-order valence-electron chi connectivity index (χ2n) is 9.56. The monoisotopic (exact) mass is 623 g/mol. The van der Waals surface area contributed by atoms with Crippen molar-refractivity contribution in [3.05, 3.63) is 77.6 Å². The Kier molecular flexibility index (Phi) is 8.46. The van der Waals surface area contributed by atoms with Gasteiger partial charge in [-0.25, -0.2) is 0 Å². The van der Waals surface area contributed by atoms with Crippen LogP contribution in [-0.2, 0) is 33.2 Å². The fraction of sp³-hybridized carbons (Fsp3) is 0.296. The zero-order valence-corrected chi connectivity index (χ0v) is 24.5. The first-order valence-electron chi connectivity index (χ1n) is 12.6. The van der Waals surface area contributed by atoms with E-state index in [0.29, 0.717) is 36.0 Å². The summed E-state index contributed by atoms with van der Waals surface area (Å²) >= 11 is 7.88. The lowest BCUT2D eigenvalue weighted by atomic mass is 10.1. The summed E-state index contributed by atoms with van der Waals surface area (Å²) < 4.78 is 72.4. The molecule has 0 saturated carbocycles. The molecule has 1 atom stereocenters. The van der Waals surface area contributed by atoms with Crippen molar-refractivity contribution in [1.29, 1.82) is 0 Å². The standard InChI is InChI=1S/C27H27ClN2O7S3/c28-21-9-11-25-23(17-21)30(13-5-15-40(34,35)36)27(38-25)18-26-29(12-4-14-39(31,32)33)22-16-20(8-10-24(22)37-26)19-6-2-1-3-7-19/h1-3,6-11,16-17,27H,4-5,12-15,18H2,(H-,31,32,33,34,35,36)/p+1. The van der Waals surface area contributed by atoms with Gasteiger partial charge >= 0.3 is 5.89 Å². The molecule has 5 rings (SSSR count). The normalized spacial score (nSPS) is 15.6. The molecule has 1 unspecified atom stereocenters. The smallest absolute Gasteiger partial charge is 0.351 e. The molecule has 0 spiro atoms. The Labute approximate surface area is 242 Å². The lowest BCUT2D eigenvalue weighted by molar-refractivity contribution is -0.684. The van der Waals surface area contributed by atoms with E-state index in [2.05, 4.69) is 4.90 Å². The molecule has 40 heavy (non-hydrogen) atoms. The number of anilines is 1. The van der Waals surface area contributed by atoms with E-state index < -0.39 is 20.2 Å². The van der Waals surface area contributed by atoms with Gasteiger partial charge in [-0.05, 0) is 41.8 Å². The summed E-state index contributed by atoms with van der Waals surface area (Å²) in [6.07, 6.45) is 0.827. The number of aryl methyl sites for hydroxylation is 1. The van der Waals surface area contributed by atoms with Gasteiger partial charge in [0.15, 0.2) is 6.54 Å². The summed E-state index contributed by atoms with van der Waals surface area (Å²) in [6, 6.07) is 21.3. The maximum Gasteiger partial charge on any atom is 0.351 e.